The van der Waals surface area contributed by atoms with Crippen LogP contribution in [0.25, 0.3) is 11.1 Å². The van der Waals surface area contributed by atoms with E-state index in [0.717, 1.165) is 11.1 Å². The first-order chi connectivity index (χ1) is 11.4. The molecule has 0 atom stereocenters. The number of aliphatic imine (C=N–C) groups is 1. The van der Waals surface area contributed by atoms with Crippen molar-refractivity contribution in [1.82, 2.24) is 0 Å². The predicted molar refractivity (Wildman–Crippen MR) is 90.9 cm³/mol. The van der Waals surface area contributed by atoms with Gasteiger partial charge in [0.05, 0.1) is 5.57 Å². The number of nitrogens with two attached hydrogens (primary N) is 1. The van der Waals surface area contributed by atoms with Crippen molar-refractivity contribution in [1.29, 1.82) is 0 Å². The van der Waals surface area contributed by atoms with Gasteiger partial charge in [-0.1, -0.05) is 24.3 Å². The van der Waals surface area contributed by atoms with Crippen molar-refractivity contribution < 1.29 is 19.4 Å². The van der Waals surface area contributed by atoms with Crippen LogP contribution < -0.4 is 10.5 Å². The van der Waals surface area contributed by atoms with E-state index in [9.17, 15) is 9.59 Å². The van der Waals surface area contributed by atoms with E-state index in [4.69, 9.17) is 15.6 Å². The van der Waals surface area contributed by atoms with Gasteiger partial charge in [0, 0.05) is 5.56 Å². The summed E-state index contributed by atoms with van der Waals surface area (Å²) in [5, 5.41) is 8.96. The van der Waals surface area contributed by atoms with Gasteiger partial charge in [-0.2, -0.15) is 0 Å². The number of ether oxygens (including phenoxy) is 1. The van der Waals surface area contributed by atoms with Gasteiger partial charge in [-0.25, -0.2) is 9.79 Å². The summed E-state index contributed by atoms with van der Waals surface area (Å²) in [5.74, 6) is -1.21. The lowest BCUT2D eigenvalue weighted by atomic mass is 10.0. The normalized spacial score (nSPS) is 11.4. The molecule has 6 nitrogen and oxygen atoms in total. The number of benzene rings is 2. The molecule has 24 heavy (non-hydrogen) atoms. The van der Waals surface area contributed by atoms with Crippen molar-refractivity contribution in [2.45, 2.75) is 6.92 Å². The first-order valence-electron chi connectivity index (χ1n) is 7.01. The Hall–Kier alpha value is -3.41. The molecule has 2 rings (SSSR count). The number of nitrogens with zero attached hydrogens (tertiary/aromatic N) is 1. The minimum Gasteiger partial charge on any atom is -0.478 e. The molecule has 0 unspecified atom stereocenters. The largest absolute Gasteiger partial charge is 0.478 e. The minimum atomic E-state index is -1.12. The molecule has 0 bridgehead atoms. The molecule has 0 aliphatic carbocycles. The highest BCUT2D eigenvalue weighted by molar-refractivity contribution is 5.93. The summed E-state index contributed by atoms with van der Waals surface area (Å²) in [6.07, 6.45) is 0. The van der Waals surface area contributed by atoms with E-state index in [0.29, 0.717) is 11.3 Å². The molecule has 3 N–H and O–H groups in total. The second kappa shape index (κ2) is 7.23. The van der Waals surface area contributed by atoms with Crippen LogP contribution in [-0.4, -0.2) is 23.7 Å². The van der Waals surface area contributed by atoms with Gasteiger partial charge in [-0.15, -0.1) is 0 Å². The molecular weight excluding hydrogens is 308 g/mol. The highest BCUT2D eigenvalue weighted by Gasteiger charge is 2.10. The van der Waals surface area contributed by atoms with Crippen molar-refractivity contribution >= 4 is 18.6 Å². The molecule has 0 aromatic heterocycles. The molecular formula is C18H16N2O4. The van der Waals surface area contributed by atoms with Gasteiger partial charge in [0.15, 0.2) is 0 Å². The maximum Gasteiger partial charge on any atom is 0.336 e. The summed E-state index contributed by atoms with van der Waals surface area (Å²) in [6, 6.07) is 13.9. The van der Waals surface area contributed by atoms with Crippen LogP contribution in [-0.2, 0) is 4.79 Å². The Labute approximate surface area is 138 Å². The first-order valence-corrected chi connectivity index (χ1v) is 7.01. The fraction of sp³-hybridized carbons (Fsp3) is 0.0556. The van der Waals surface area contributed by atoms with E-state index in [1.807, 2.05) is 12.1 Å². The summed E-state index contributed by atoms with van der Waals surface area (Å²) in [6.45, 7) is 4.70. The quantitative estimate of drug-likeness (QED) is 0.484. The SMILES string of the molecule is C=N/C(Oc1ccc(-c2ccc(C(N)=O)cc2)cc1)=C(\C)C(=O)O. The molecule has 6 heteroatoms. The van der Waals surface area contributed by atoms with Crippen molar-refractivity contribution in [3.63, 3.8) is 0 Å². The highest BCUT2D eigenvalue weighted by Crippen LogP contribution is 2.24. The summed E-state index contributed by atoms with van der Waals surface area (Å²) < 4.78 is 5.44. The Morgan fingerprint density at radius 1 is 1.04 bits per heavy atom. The number of aliphatic carboxylic acids is 1. The van der Waals surface area contributed by atoms with Gasteiger partial charge in [-0.3, -0.25) is 4.79 Å². The fourth-order valence-corrected chi connectivity index (χ4v) is 1.97. The molecule has 0 spiro atoms. The average Bonchev–Trinajstić information content (AvgIpc) is 2.59. The van der Waals surface area contributed by atoms with Crippen molar-refractivity contribution in [3.05, 3.63) is 65.6 Å². The van der Waals surface area contributed by atoms with Crippen LogP contribution >= 0.6 is 0 Å². The molecule has 0 saturated carbocycles. The topological polar surface area (TPSA) is 102 Å². The third-order valence-electron chi connectivity index (χ3n) is 3.36. The highest BCUT2D eigenvalue weighted by atomic mass is 16.5. The standard InChI is InChI=1S/C18H16N2O4/c1-11(18(22)23)17(20-2)24-15-9-7-13(8-10-15)12-3-5-14(6-4-12)16(19)21/h3-10H,2H2,1H3,(H2,19,21)(H,22,23)/b17-11-. The number of carboxylic acid groups (broad SMARTS) is 1. The fourth-order valence-electron chi connectivity index (χ4n) is 1.97. The maximum absolute atomic E-state index is 11.1. The average molecular weight is 324 g/mol. The van der Waals surface area contributed by atoms with E-state index in [2.05, 4.69) is 11.7 Å². The molecule has 0 aliphatic heterocycles. The molecule has 0 fully saturated rings. The number of carbonyl (C=O) groups is 2. The Morgan fingerprint density at radius 2 is 1.54 bits per heavy atom. The van der Waals surface area contributed by atoms with Gasteiger partial charge in [0.1, 0.15) is 5.75 Å². The number of rotatable bonds is 6. The molecule has 0 saturated heterocycles. The van der Waals surface area contributed by atoms with Gasteiger partial charge in [0.25, 0.3) is 0 Å². The summed E-state index contributed by atoms with van der Waals surface area (Å²) in [5.41, 5.74) is 7.44. The van der Waals surface area contributed by atoms with Crippen LogP contribution in [0, 0.1) is 0 Å². The maximum atomic E-state index is 11.1. The monoisotopic (exact) mass is 324 g/mol. The van der Waals surface area contributed by atoms with Gasteiger partial charge in [-0.05, 0) is 49.0 Å². The lowest BCUT2D eigenvalue weighted by Crippen LogP contribution is -2.10. The molecule has 2 aromatic carbocycles. The lowest BCUT2D eigenvalue weighted by Gasteiger charge is -2.08. The van der Waals surface area contributed by atoms with E-state index in [-0.39, 0.29) is 11.5 Å². The number of hydrogen-bond donors (Lipinski definition) is 2. The van der Waals surface area contributed by atoms with Gasteiger partial charge in [0.2, 0.25) is 11.8 Å². The lowest BCUT2D eigenvalue weighted by molar-refractivity contribution is -0.132. The Balaban J connectivity index is 2.21. The number of hydrogen-bond acceptors (Lipinski definition) is 4. The zero-order chi connectivity index (χ0) is 17.7. The molecule has 2 aromatic rings. The zero-order valence-electron chi connectivity index (χ0n) is 13.0. The predicted octanol–water partition coefficient (Wildman–Crippen LogP) is 2.85. The minimum absolute atomic E-state index is 0.0314. The number of primary amides is 1. The number of amides is 1. The number of carbonyl (C=O) groups excluding carboxylic acids is 1. The summed E-state index contributed by atoms with van der Waals surface area (Å²) in [4.78, 5) is 25.6. The number of carboxylic acids is 1. The van der Waals surface area contributed by atoms with E-state index in [1.54, 1.807) is 36.4 Å². The van der Waals surface area contributed by atoms with Crippen molar-refractivity contribution in [2.24, 2.45) is 10.7 Å². The van der Waals surface area contributed by atoms with Crippen molar-refractivity contribution in [2.75, 3.05) is 0 Å². The Morgan fingerprint density at radius 3 is 1.96 bits per heavy atom. The van der Waals surface area contributed by atoms with Crippen LogP contribution in [0.4, 0.5) is 0 Å². The van der Waals surface area contributed by atoms with Crippen LogP contribution in [0.1, 0.15) is 17.3 Å². The van der Waals surface area contributed by atoms with Gasteiger partial charge >= 0.3 is 5.97 Å². The van der Waals surface area contributed by atoms with Crippen LogP contribution in [0.3, 0.4) is 0 Å². The summed E-state index contributed by atoms with van der Waals surface area (Å²) in [7, 11) is 0. The second-order valence-corrected chi connectivity index (χ2v) is 4.96. The van der Waals surface area contributed by atoms with Crippen LogP contribution in [0.2, 0.25) is 0 Å². The van der Waals surface area contributed by atoms with Gasteiger partial charge < -0.3 is 15.6 Å². The van der Waals surface area contributed by atoms with E-state index >= 15 is 0 Å². The molecule has 0 aliphatic rings. The Bertz CT molecular complexity index is 806. The van der Waals surface area contributed by atoms with E-state index < -0.39 is 11.9 Å². The van der Waals surface area contributed by atoms with Crippen molar-refractivity contribution in [3.8, 4) is 16.9 Å². The van der Waals surface area contributed by atoms with E-state index in [1.165, 1.54) is 6.92 Å². The first kappa shape index (κ1) is 17.0. The summed E-state index contributed by atoms with van der Waals surface area (Å²) >= 11 is 0. The second-order valence-electron chi connectivity index (χ2n) is 4.96. The smallest absolute Gasteiger partial charge is 0.336 e. The molecule has 0 heterocycles. The van der Waals surface area contributed by atoms with Crippen LogP contribution in [0.15, 0.2) is 65.0 Å². The third kappa shape index (κ3) is 3.86. The third-order valence-corrected chi connectivity index (χ3v) is 3.36. The Kier molecular flexibility index (Phi) is 5.11. The molecule has 122 valence electrons. The zero-order valence-corrected chi connectivity index (χ0v) is 13.0. The van der Waals surface area contributed by atoms with Crippen LogP contribution in [0.5, 0.6) is 5.75 Å². The molecule has 1 amide bonds. The molecule has 0 radical (unpaired) electrons.